The molecular weight excluding hydrogens is 347 g/mol. The molecule has 0 atom stereocenters. The van der Waals surface area contributed by atoms with E-state index in [2.05, 4.69) is 10.6 Å². The van der Waals surface area contributed by atoms with Gasteiger partial charge in [0.2, 0.25) is 0 Å². The molecule has 3 aromatic carbocycles. The lowest BCUT2D eigenvalue weighted by molar-refractivity contribution is 0.0957. The zero-order chi connectivity index (χ0) is 19.0. The maximum Gasteiger partial charge on any atom is 0.322 e. The Balaban J connectivity index is 1.58. The van der Waals surface area contributed by atoms with Crippen molar-refractivity contribution in [3.05, 3.63) is 89.2 Å². The minimum Gasteiger partial charge on any atom is -0.507 e. The molecule has 0 saturated carbocycles. The second kappa shape index (κ2) is 6.57. The lowest BCUT2D eigenvalue weighted by Gasteiger charge is -2.16. The summed E-state index contributed by atoms with van der Waals surface area (Å²) in [6.07, 6.45) is 0. The van der Waals surface area contributed by atoms with Gasteiger partial charge in [0.05, 0.1) is 6.04 Å². The number of fused-ring (bicyclic) bond motifs is 3. The van der Waals surface area contributed by atoms with E-state index in [4.69, 9.17) is 0 Å². The summed E-state index contributed by atoms with van der Waals surface area (Å²) in [6.45, 7) is 0. The van der Waals surface area contributed by atoms with Crippen LogP contribution in [0.25, 0.3) is 11.1 Å². The van der Waals surface area contributed by atoms with E-state index < -0.39 is 35.1 Å². The van der Waals surface area contributed by atoms with Crippen molar-refractivity contribution in [2.75, 3.05) is 0 Å². The van der Waals surface area contributed by atoms with E-state index in [9.17, 15) is 19.1 Å². The monoisotopic (exact) mass is 362 g/mol. The van der Waals surface area contributed by atoms with E-state index in [1.54, 1.807) is 0 Å². The highest BCUT2D eigenvalue weighted by molar-refractivity contribution is 6.06. The third-order valence-electron chi connectivity index (χ3n) is 4.55. The van der Waals surface area contributed by atoms with Crippen LogP contribution in [0.5, 0.6) is 5.75 Å². The second-order valence-electron chi connectivity index (χ2n) is 6.17. The highest BCUT2D eigenvalue weighted by atomic mass is 19.1. The number of hydrogen-bond donors (Lipinski definition) is 3. The number of hydrogen-bond acceptors (Lipinski definition) is 3. The molecular formula is C21H15FN2O3. The summed E-state index contributed by atoms with van der Waals surface area (Å²) in [6, 6.07) is 17.6. The fourth-order valence-electron chi connectivity index (χ4n) is 3.38. The van der Waals surface area contributed by atoms with E-state index in [1.165, 1.54) is 12.1 Å². The standard InChI is InChI=1S/C21H15FN2O3/c22-16-10-5-11-17(25)18(16)20(26)24-21(27)23-19-14-8-3-1-6-12(14)13-7-2-4-9-15(13)19/h1-11,19,25H,(H2,23,24,26,27). The minimum absolute atomic E-state index is 0.431. The van der Waals surface area contributed by atoms with E-state index in [0.717, 1.165) is 28.3 Å². The van der Waals surface area contributed by atoms with Gasteiger partial charge in [-0.05, 0) is 34.4 Å². The number of nitrogens with one attached hydrogen (secondary N) is 2. The van der Waals surface area contributed by atoms with E-state index >= 15 is 0 Å². The predicted octanol–water partition coefficient (Wildman–Crippen LogP) is 3.74. The smallest absolute Gasteiger partial charge is 0.322 e. The Morgan fingerprint density at radius 3 is 2.04 bits per heavy atom. The second-order valence-corrected chi connectivity index (χ2v) is 6.17. The molecule has 0 aromatic heterocycles. The average Bonchev–Trinajstić information content (AvgIpc) is 2.96. The van der Waals surface area contributed by atoms with Gasteiger partial charge in [-0.1, -0.05) is 54.6 Å². The molecule has 1 aliphatic carbocycles. The summed E-state index contributed by atoms with van der Waals surface area (Å²) in [7, 11) is 0. The van der Waals surface area contributed by atoms with Gasteiger partial charge in [0.1, 0.15) is 17.1 Å². The van der Waals surface area contributed by atoms with Crippen LogP contribution in [0, 0.1) is 5.82 Å². The molecule has 0 aliphatic heterocycles. The van der Waals surface area contributed by atoms with Crippen molar-refractivity contribution in [3.8, 4) is 16.9 Å². The summed E-state index contributed by atoms with van der Waals surface area (Å²) in [5, 5.41) is 14.5. The number of halogens is 1. The lowest BCUT2D eigenvalue weighted by atomic mass is 10.1. The number of aromatic hydroxyl groups is 1. The molecule has 134 valence electrons. The van der Waals surface area contributed by atoms with Crippen molar-refractivity contribution in [1.82, 2.24) is 10.6 Å². The van der Waals surface area contributed by atoms with Gasteiger partial charge < -0.3 is 10.4 Å². The molecule has 0 heterocycles. The molecule has 0 spiro atoms. The number of amides is 3. The summed E-state index contributed by atoms with van der Waals surface area (Å²) >= 11 is 0. The number of benzene rings is 3. The molecule has 3 amide bonds. The zero-order valence-electron chi connectivity index (χ0n) is 14.1. The number of phenols is 1. The van der Waals surface area contributed by atoms with Gasteiger partial charge in [0.15, 0.2) is 0 Å². The fourth-order valence-corrected chi connectivity index (χ4v) is 3.38. The first-order valence-corrected chi connectivity index (χ1v) is 8.34. The van der Waals surface area contributed by atoms with Crippen LogP contribution in [0.1, 0.15) is 27.5 Å². The topological polar surface area (TPSA) is 78.4 Å². The van der Waals surface area contributed by atoms with Crippen LogP contribution < -0.4 is 10.6 Å². The first-order chi connectivity index (χ1) is 13.1. The predicted molar refractivity (Wildman–Crippen MR) is 97.8 cm³/mol. The van der Waals surface area contributed by atoms with E-state index in [1.807, 2.05) is 48.5 Å². The molecule has 5 nitrogen and oxygen atoms in total. The van der Waals surface area contributed by atoms with Crippen LogP contribution in [0.3, 0.4) is 0 Å². The molecule has 1 aliphatic rings. The number of phenolic OH excluding ortho intramolecular Hbond substituents is 1. The van der Waals surface area contributed by atoms with Gasteiger partial charge in [-0.3, -0.25) is 10.1 Å². The van der Waals surface area contributed by atoms with Crippen molar-refractivity contribution in [1.29, 1.82) is 0 Å². The average molecular weight is 362 g/mol. The molecule has 0 fully saturated rings. The summed E-state index contributed by atoms with van der Waals surface area (Å²) in [5.74, 6) is -2.45. The number of rotatable bonds is 2. The molecule has 3 N–H and O–H groups in total. The lowest BCUT2D eigenvalue weighted by Crippen LogP contribution is -2.41. The molecule has 0 saturated heterocycles. The van der Waals surface area contributed by atoms with Crippen molar-refractivity contribution in [2.24, 2.45) is 0 Å². The van der Waals surface area contributed by atoms with Crippen LogP contribution >= 0.6 is 0 Å². The Morgan fingerprint density at radius 2 is 1.44 bits per heavy atom. The van der Waals surface area contributed by atoms with Gasteiger partial charge in [0, 0.05) is 0 Å². The van der Waals surface area contributed by atoms with Crippen molar-refractivity contribution >= 4 is 11.9 Å². The highest BCUT2D eigenvalue weighted by Gasteiger charge is 2.30. The molecule has 4 rings (SSSR count). The van der Waals surface area contributed by atoms with Gasteiger partial charge in [-0.2, -0.15) is 0 Å². The highest BCUT2D eigenvalue weighted by Crippen LogP contribution is 2.42. The molecule has 0 bridgehead atoms. The maximum absolute atomic E-state index is 13.8. The van der Waals surface area contributed by atoms with Crippen molar-refractivity contribution < 1.29 is 19.1 Å². The van der Waals surface area contributed by atoms with Crippen LogP contribution in [0.2, 0.25) is 0 Å². The Labute approximate surface area is 154 Å². The Hall–Kier alpha value is -3.67. The van der Waals surface area contributed by atoms with Crippen LogP contribution in [0.4, 0.5) is 9.18 Å². The molecule has 0 radical (unpaired) electrons. The Kier molecular flexibility index (Phi) is 4.08. The minimum atomic E-state index is -1.01. The number of urea groups is 1. The Morgan fingerprint density at radius 1 is 0.852 bits per heavy atom. The van der Waals surface area contributed by atoms with Gasteiger partial charge in [-0.15, -0.1) is 0 Å². The quantitative estimate of drug-likeness (QED) is 0.650. The summed E-state index contributed by atoms with van der Waals surface area (Å²) in [4.78, 5) is 24.6. The molecule has 0 unspecified atom stereocenters. The van der Waals surface area contributed by atoms with Crippen LogP contribution in [-0.2, 0) is 0 Å². The summed E-state index contributed by atoms with van der Waals surface area (Å²) < 4.78 is 13.8. The molecule has 6 heteroatoms. The number of carbonyl (C=O) groups excluding carboxylic acids is 2. The first kappa shape index (κ1) is 16.8. The van der Waals surface area contributed by atoms with E-state index in [0.29, 0.717) is 0 Å². The normalized spacial score (nSPS) is 12.2. The van der Waals surface area contributed by atoms with Gasteiger partial charge >= 0.3 is 6.03 Å². The summed E-state index contributed by atoms with van der Waals surface area (Å²) in [5.41, 5.74) is 3.28. The van der Waals surface area contributed by atoms with E-state index in [-0.39, 0.29) is 0 Å². The molecule has 3 aromatic rings. The third-order valence-corrected chi connectivity index (χ3v) is 4.55. The van der Waals surface area contributed by atoms with Gasteiger partial charge in [0.25, 0.3) is 5.91 Å². The van der Waals surface area contributed by atoms with Gasteiger partial charge in [-0.25, -0.2) is 9.18 Å². The van der Waals surface area contributed by atoms with Crippen molar-refractivity contribution in [2.45, 2.75) is 6.04 Å². The SMILES string of the molecule is O=C(NC(=O)c1c(O)cccc1F)NC1c2ccccc2-c2ccccc21. The number of carbonyl (C=O) groups is 2. The fraction of sp³-hybridized carbons (Fsp3) is 0.0476. The molecule has 27 heavy (non-hydrogen) atoms. The van der Waals surface area contributed by atoms with Crippen LogP contribution in [0.15, 0.2) is 66.7 Å². The van der Waals surface area contributed by atoms with Crippen molar-refractivity contribution in [3.63, 3.8) is 0 Å². The Bertz CT molecular complexity index is 999. The zero-order valence-corrected chi connectivity index (χ0v) is 14.1. The van der Waals surface area contributed by atoms with Crippen LogP contribution in [-0.4, -0.2) is 17.0 Å². The third kappa shape index (κ3) is 2.91. The number of imide groups is 1. The largest absolute Gasteiger partial charge is 0.507 e. The first-order valence-electron chi connectivity index (χ1n) is 8.34. The maximum atomic E-state index is 13.8.